The fraction of sp³-hybridized carbons (Fsp3) is 0.857. The van der Waals surface area contributed by atoms with Crippen LogP contribution in [0.4, 0.5) is 0 Å². The van der Waals surface area contributed by atoms with Crippen molar-refractivity contribution in [2.24, 2.45) is 0 Å². The Morgan fingerprint density at radius 3 is 3.00 bits per heavy atom. The fourth-order valence-corrected chi connectivity index (χ4v) is 1.38. The van der Waals surface area contributed by atoms with Crippen molar-refractivity contribution < 1.29 is 14.3 Å². The molecule has 3 nitrogen and oxygen atoms in total. The third-order valence-electron chi connectivity index (χ3n) is 2.17. The zero-order valence-electron chi connectivity index (χ0n) is 5.71. The van der Waals surface area contributed by atoms with Gasteiger partial charge in [-0.15, -0.1) is 0 Å². The summed E-state index contributed by atoms with van der Waals surface area (Å²) < 4.78 is 10.4. The number of hydrogen-bond acceptors (Lipinski definition) is 3. The Kier molecular flexibility index (Phi) is 1.28. The van der Waals surface area contributed by atoms with Gasteiger partial charge in [0.25, 0.3) is 0 Å². The predicted octanol–water partition coefficient (Wildman–Crippen LogP) is 0.133. The average molecular weight is 142 g/mol. The lowest BCUT2D eigenvalue weighted by Crippen LogP contribution is -2.32. The van der Waals surface area contributed by atoms with Crippen LogP contribution in [0.3, 0.4) is 0 Å². The lowest BCUT2D eigenvalue weighted by atomic mass is 9.97. The first-order valence-corrected chi connectivity index (χ1v) is 3.56. The minimum absolute atomic E-state index is 0.0455. The van der Waals surface area contributed by atoms with Gasteiger partial charge in [-0.3, -0.25) is 0 Å². The smallest absolute Gasteiger partial charge is 0.148 e. The Morgan fingerprint density at radius 1 is 1.60 bits per heavy atom. The Labute approximate surface area is 59.3 Å². The third-order valence-corrected chi connectivity index (χ3v) is 2.17. The van der Waals surface area contributed by atoms with Crippen LogP contribution >= 0.6 is 0 Å². The zero-order valence-corrected chi connectivity index (χ0v) is 5.71. The summed E-state index contributed by atoms with van der Waals surface area (Å²) in [4.78, 5) is 10.3. The second-order valence-electron chi connectivity index (χ2n) is 2.97. The fourth-order valence-electron chi connectivity index (χ4n) is 1.38. The molecule has 0 bridgehead atoms. The van der Waals surface area contributed by atoms with Gasteiger partial charge in [0.1, 0.15) is 12.4 Å². The molecule has 0 aromatic carbocycles. The topological polar surface area (TPSA) is 38.8 Å². The predicted molar refractivity (Wildman–Crippen MR) is 33.7 cm³/mol. The highest BCUT2D eigenvalue weighted by Crippen LogP contribution is 2.38. The summed E-state index contributed by atoms with van der Waals surface area (Å²) in [6.07, 6.45) is 2.37. The summed E-state index contributed by atoms with van der Waals surface area (Å²) in [5, 5.41) is 0. The average Bonchev–Trinajstić information content (AvgIpc) is 2.70. The Bertz CT molecular complexity index is 151. The number of carbonyl (C=O) groups is 1. The molecular weight excluding hydrogens is 132 g/mol. The number of aldehydes is 1. The SMILES string of the molecule is O=CC1CC2(CCO1)CO2. The monoisotopic (exact) mass is 142 g/mol. The van der Waals surface area contributed by atoms with Gasteiger partial charge in [-0.2, -0.15) is 0 Å². The molecule has 2 aliphatic rings. The second kappa shape index (κ2) is 2.04. The van der Waals surface area contributed by atoms with Crippen LogP contribution in [0.2, 0.25) is 0 Å². The molecule has 56 valence electrons. The van der Waals surface area contributed by atoms with Crippen LogP contribution in [-0.2, 0) is 14.3 Å². The Morgan fingerprint density at radius 2 is 2.40 bits per heavy atom. The summed E-state index contributed by atoms with van der Waals surface area (Å²) in [6.45, 7) is 1.49. The number of carbonyl (C=O) groups excluding carboxylic acids is 1. The van der Waals surface area contributed by atoms with E-state index in [9.17, 15) is 4.79 Å². The highest BCUT2D eigenvalue weighted by Gasteiger charge is 2.48. The van der Waals surface area contributed by atoms with Gasteiger partial charge in [0.15, 0.2) is 0 Å². The molecule has 3 heteroatoms. The highest BCUT2D eigenvalue weighted by atomic mass is 16.6. The molecule has 2 saturated heterocycles. The largest absolute Gasteiger partial charge is 0.371 e. The van der Waals surface area contributed by atoms with Crippen molar-refractivity contribution in [2.45, 2.75) is 24.5 Å². The second-order valence-corrected chi connectivity index (χ2v) is 2.97. The van der Waals surface area contributed by atoms with E-state index in [0.717, 1.165) is 25.7 Å². The molecule has 2 fully saturated rings. The Hall–Kier alpha value is -0.410. The molecule has 2 aliphatic heterocycles. The molecule has 0 aromatic rings. The molecule has 0 aromatic heterocycles. The maximum atomic E-state index is 10.3. The van der Waals surface area contributed by atoms with Crippen LogP contribution < -0.4 is 0 Å². The summed E-state index contributed by atoms with van der Waals surface area (Å²) in [6, 6.07) is 0. The lowest BCUT2D eigenvalue weighted by molar-refractivity contribution is -0.123. The van der Waals surface area contributed by atoms with E-state index in [0.29, 0.717) is 6.61 Å². The van der Waals surface area contributed by atoms with Crippen molar-refractivity contribution in [3.05, 3.63) is 0 Å². The van der Waals surface area contributed by atoms with E-state index in [1.807, 2.05) is 0 Å². The normalized spacial score (nSPS) is 45.4. The number of rotatable bonds is 1. The van der Waals surface area contributed by atoms with Gasteiger partial charge < -0.3 is 14.3 Å². The van der Waals surface area contributed by atoms with Crippen LogP contribution in [0.1, 0.15) is 12.8 Å². The van der Waals surface area contributed by atoms with Crippen LogP contribution in [0, 0.1) is 0 Å². The Balaban J connectivity index is 1.97. The molecule has 0 saturated carbocycles. The zero-order chi connectivity index (χ0) is 7.03. The summed E-state index contributed by atoms with van der Waals surface area (Å²) in [7, 11) is 0. The first-order chi connectivity index (χ1) is 4.85. The van der Waals surface area contributed by atoms with Crippen molar-refractivity contribution in [2.75, 3.05) is 13.2 Å². The lowest BCUT2D eigenvalue weighted by Gasteiger charge is -2.22. The molecule has 1 spiro atoms. The maximum absolute atomic E-state index is 10.3. The summed E-state index contributed by atoms with van der Waals surface area (Å²) >= 11 is 0. The van der Waals surface area contributed by atoms with Crippen molar-refractivity contribution in [1.82, 2.24) is 0 Å². The molecule has 2 unspecified atom stereocenters. The van der Waals surface area contributed by atoms with E-state index in [1.54, 1.807) is 0 Å². The molecule has 2 rings (SSSR count). The van der Waals surface area contributed by atoms with E-state index in [4.69, 9.17) is 9.47 Å². The van der Waals surface area contributed by atoms with Crippen molar-refractivity contribution in [1.29, 1.82) is 0 Å². The van der Waals surface area contributed by atoms with Crippen LogP contribution in [0.15, 0.2) is 0 Å². The van der Waals surface area contributed by atoms with Gasteiger partial charge in [-0.1, -0.05) is 0 Å². The molecule has 2 heterocycles. The van der Waals surface area contributed by atoms with Crippen molar-refractivity contribution in [3.63, 3.8) is 0 Å². The quantitative estimate of drug-likeness (QED) is 0.386. The van der Waals surface area contributed by atoms with E-state index in [-0.39, 0.29) is 11.7 Å². The number of hydrogen-bond donors (Lipinski definition) is 0. The van der Waals surface area contributed by atoms with E-state index in [2.05, 4.69) is 0 Å². The minimum atomic E-state index is -0.212. The minimum Gasteiger partial charge on any atom is -0.371 e. The maximum Gasteiger partial charge on any atom is 0.148 e. The van der Waals surface area contributed by atoms with E-state index >= 15 is 0 Å². The highest BCUT2D eigenvalue weighted by molar-refractivity contribution is 5.56. The molecule has 0 radical (unpaired) electrons. The molecule has 0 aliphatic carbocycles. The van der Waals surface area contributed by atoms with E-state index < -0.39 is 0 Å². The summed E-state index contributed by atoms with van der Waals surface area (Å²) in [5.41, 5.74) is 0.0455. The van der Waals surface area contributed by atoms with Gasteiger partial charge in [0, 0.05) is 12.8 Å². The molecule has 0 amide bonds. The van der Waals surface area contributed by atoms with Gasteiger partial charge in [-0.25, -0.2) is 0 Å². The molecule has 0 N–H and O–H groups in total. The third kappa shape index (κ3) is 0.954. The van der Waals surface area contributed by atoms with Gasteiger partial charge >= 0.3 is 0 Å². The molecular formula is C7H10O3. The van der Waals surface area contributed by atoms with Crippen LogP contribution in [0.25, 0.3) is 0 Å². The first-order valence-electron chi connectivity index (χ1n) is 3.56. The van der Waals surface area contributed by atoms with Crippen LogP contribution in [0.5, 0.6) is 0 Å². The molecule has 2 atom stereocenters. The molecule has 10 heavy (non-hydrogen) atoms. The van der Waals surface area contributed by atoms with Crippen LogP contribution in [-0.4, -0.2) is 31.2 Å². The number of ether oxygens (including phenoxy) is 2. The summed E-state index contributed by atoms with van der Waals surface area (Å²) in [5.74, 6) is 0. The van der Waals surface area contributed by atoms with Gasteiger partial charge in [0.2, 0.25) is 0 Å². The van der Waals surface area contributed by atoms with E-state index in [1.165, 1.54) is 0 Å². The van der Waals surface area contributed by atoms with Crippen molar-refractivity contribution in [3.8, 4) is 0 Å². The number of epoxide rings is 1. The first kappa shape index (κ1) is 6.31. The van der Waals surface area contributed by atoms with Crippen molar-refractivity contribution >= 4 is 6.29 Å². The standard InChI is InChI=1S/C7H10O3/c8-4-6-3-7(5-10-7)1-2-9-6/h4,6H,1-3,5H2. The van der Waals surface area contributed by atoms with Gasteiger partial charge in [-0.05, 0) is 0 Å². The van der Waals surface area contributed by atoms with Gasteiger partial charge in [0.05, 0.1) is 18.8 Å².